The average Bonchev–Trinajstić information content (AvgIpc) is 2.83. The van der Waals surface area contributed by atoms with Gasteiger partial charge in [-0.3, -0.25) is 0 Å². The molecule has 1 heterocycles. The van der Waals surface area contributed by atoms with Crippen molar-refractivity contribution in [3.05, 3.63) is 23.5 Å². The third-order valence-corrected chi connectivity index (χ3v) is 3.94. The van der Waals surface area contributed by atoms with E-state index < -0.39 is 0 Å². The molecule has 4 nitrogen and oxygen atoms in total. The van der Waals surface area contributed by atoms with Crippen molar-refractivity contribution < 1.29 is 9.53 Å². The fourth-order valence-corrected chi connectivity index (χ4v) is 2.90. The average molecular weight is 264 g/mol. The van der Waals surface area contributed by atoms with Gasteiger partial charge in [-0.2, -0.15) is 0 Å². The maximum atomic E-state index is 11.3. The van der Waals surface area contributed by atoms with Crippen molar-refractivity contribution in [1.82, 2.24) is 10.3 Å². The van der Waals surface area contributed by atoms with Crippen LogP contribution >= 0.6 is 0 Å². The van der Waals surface area contributed by atoms with Gasteiger partial charge in [-0.05, 0) is 36.8 Å². The molecule has 4 heteroatoms. The Hall–Kier alpha value is -1.29. The number of rotatable bonds is 4. The molecule has 1 fully saturated rings. The second-order valence-electron chi connectivity index (χ2n) is 6.23. The van der Waals surface area contributed by atoms with Crippen LogP contribution in [-0.2, 0) is 11.3 Å². The van der Waals surface area contributed by atoms with Crippen LogP contribution in [0.4, 0.5) is 0 Å². The highest BCUT2D eigenvalue weighted by Crippen LogP contribution is 2.35. The molecule has 1 aromatic heterocycles. The number of aromatic amines is 1. The Morgan fingerprint density at radius 3 is 3.00 bits per heavy atom. The summed E-state index contributed by atoms with van der Waals surface area (Å²) in [7, 11) is 1.39. The Labute approximate surface area is 114 Å². The first-order chi connectivity index (χ1) is 9.00. The lowest BCUT2D eigenvalue weighted by atomic mass is 9.75. The number of methoxy groups -OCH3 is 1. The molecule has 1 atom stereocenters. The van der Waals surface area contributed by atoms with E-state index in [4.69, 9.17) is 0 Å². The molecule has 1 aliphatic carbocycles. The predicted octanol–water partition coefficient (Wildman–Crippen LogP) is 2.86. The van der Waals surface area contributed by atoms with Crippen LogP contribution in [0.1, 0.15) is 55.7 Å². The third kappa shape index (κ3) is 3.83. The summed E-state index contributed by atoms with van der Waals surface area (Å²) >= 11 is 0. The quantitative estimate of drug-likeness (QED) is 0.822. The number of aromatic nitrogens is 1. The lowest BCUT2D eigenvalue weighted by Crippen LogP contribution is -2.36. The number of ether oxygens (including phenoxy) is 1. The highest BCUT2D eigenvalue weighted by atomic mass is 16.5. The zero-order valence-corrected chi connectivity index (χ0v) is 12.1. The fourth-order valence-electron chi connectivity index (χ4n) is 2.90. The van der Waals surface area contributed by atoms with Gasteiger partial charge in [-0.15, -0.1) is 0 Å². The largest absolute Gasteiger partial charge is 0.464 e. The summed E-state index contributed by atoms with van der Waals surface area (Å²) in [6.45, 7) is 5.45. The molecule has 19 heavy (non-hydrogen) atoms. The van der Waals surface area contributed by atoms with Gasteiger partial charge in [0, 0.05) is 18.3 Å². The number of nitrogens with one attached hydrogen (secondary N) is 2. The van der Waals surface area contributed by atoms with E-state index in [0.29, 0.717) is 17.2 Å². The van der Waals surface area contributed by atoms with Gasteiger partial charge < -0.3 is 15.0 Å². The number of hydrogen-bond donors (Lipinski definition) is 2. The molecule has 0 radical (unpaired) electrons. The van der Waals surface area contributed by atoms with Crippen LogP contribution < -0.4 is 5.32 Å². The molecule has 1 unspecified atom stereocenters. The molecule has 1 aliphatic rings. The number of hydrogen-bond acceptors (Lipinski definition) is 3. The molecule has 1 aromatic rings. The number of carbonyl (C=O) groups is 1. The predicted molar refractivity (Wildman–Crippen MR) is 75.0 cm³/mol. The molecular weight excluding hydrogens is 240 g/mol. The topological polar surface area (TPSA) is 54.1 Å². The van der Waals surface area contributed by atoms with Crippen molar-refractivity contribution >= 4 is 5.97 Å². The Bertz CT molecular complexity index is 437. The van der Waals surface area contributed by atoms with Crippen LogP contribution in [-0.4, -0.2) is 24.1 Å². The minimum Gasteiger partial charge on any atom is -0.464 e. The van der Waals surface area contributed by atoms with Crippen LogP contribution in [0.25, 0.3) is 0 Å². The van der Waals surface area contributed by atoms with Gasteiger partial charge in [0.15, 0.2) is 0 Å². The zero-order valence-electron chi connectivity index (χ0n) is 12.1. The zero-order chi connectivity index (χ0) is 13.9. The van der Waals surface area contributed by atoms with Crippen LogP contribution in [0.2, 0.25) is 0 Å². The highest BCUT2D eigenvalue weighted by molar-refractivity contribution is 5.87. The summed E-state index contributed by atoms with van der Waals surface area (Å²) in [6.07, 6.45) is 5.08. The van der Waals surface area contributed by atoms with Crippen molar-refractivity contribution in [3.63, 3.8) is 0 Å². The van der Waals surface area contributed by atoms with Crippen molar-refractivity contribution in [3.8, 4) is 0 Å². The van der Waals surface area contributed by atoms with E-state index >= 15 is 0 Å². The van der Waals surface area contributed by atoms with Gasteiger partial charge in [-0.1, -0.05) is 20.3 Å². The van der Waals surface area contributed by atoms with Crippen molar-refractivity contribution in [1.29, 1.82) is 0 Å². The Kier molecular flexibility index (Phi) is 4.30. The third-order valence-electron chi connectivity index (χ3n) is 3.94. The molecule has 0 aromatic carbocycles. The van der Waals surface area contributed by atoms with Crippen molar-refractivity contribution in [2.75, 3.05) is 7.11 Å². The first-order valence-electron chi connectivity index (χ1n) is 7.00. The van der Waals surface area contributed by atoms with Gasteiger partial charge >= 0.3 is 5.97 Å². The molecule has 0 amide bonds. The maximum Gasteiger partial charge on any atom is 0.354 e. The fraction of sp³-hybridized carbons (Fsp3) is 0.667. The maximum absolute atomic E-state index is 11.3. The first kappa shape index (κ1) is 14.1. The molecule has 0 bridgehead atoms. The second-order valence-corrected chi connectivity index (χ2v) is 6.23. The second kappa shape index (κ2) is 5.78. The van der Waals surface area contributed by atoms with Crippen molar-refractivity contribution in [2.24, 2.45) is 5.41 Å². The Morgan fingerprint density at radius 2 is 2.32 bits per heavy atom. The minimum atomic E-state index is -0.315. The van der Waals surface area contributed by atoms with Gasteiger partial charge in [0.05, 0.1) is 7.11 Å². The Balaban J connectivity index is 1.85. The number of esters is 1. The SMILES string of the molecule is COC(=O)c1ccc(CNC2CCCC(C)(C)C2)[nH]1. The normalized spacial score (nSPS) is 22.2. The minimum absolute atomic E-state index is 0.315. The molecule has 0 saturated heterocycles. The smallest absolute Gasteiger partial charge is 0.354 e. The molecule has 106 valence electrons. The number of carbonyl (C=O) groups excluding carboxylic acids is 1. The van der Waals surface area contributed by atoms with E-state index in [-0.39, 0.29) is 5.97 Å². The highest BCUT2D eigenvalue weighted by Gasteiger charge is 2.27. The molecule has 0 aliphatic heterocycles. The van der Waals surface area contributed by atoms with Gasteiger partial charge in [0.25, 0.3) is 0 Å². The molecule has 1 saturated carbocycles. The van der Waals surface area contributed by atoms with Gasteiger partial charge in [0.1, 0.15) is 5.69 Å². The summed E-state index contributed by atoms with van der Waals surface area (Å²) in [6, 6.07) is 4.29. The van der Waals surface area contributed by atoms with Crippen molar-refractivity contribution in [2.45, 2.75) is 52.1 Å². The van der Waals surface area contributed by atoms with Crippen LogP contribution in [0, 0.1) is 5.41 Å². The monoisotopic (exact) mass is 264 g/mol. The lowest BCUT2D eigenvalue weighted by Gasteiger charge is -2.35. The van der Waals surface area contributed by atoms with Gasteiger partial charge in [-0.25, -0.2) is 4.79 Å². The summed E-state index contributed by atoms with van der Waals surface area (Å²) < 4.78 is 4.68. The molecule has 0 spiro atoms. The van der Waals surface area contributed by atoms with Crippen LogP contribution in [0.5, 0.6) is 0 Å². The van der Waals surface area contributed by atoms with E-state index in [2.05, 4.69) is 28.9 Å². The molecular formula is C15H24N2O2. The van der Waals surface area contributed by atoms with E-state index in [1.54, 1.807) is 6.07 Å². The van der Waals surface area contributed by atoms with Crippen LogP contribution in [0.3, 0.4) is 0 Å². The van der Waals surface area contributed by atoms with E-state index in [1.807, 2.05) is 6.07 Å². The summed E-state index contributed by atoms with van der Waals surface area (Å²) in [5, 5.41) is 3.58. The summed E-state index contributed by atoms with van der Waals surface area (Å²) in [5.41, 5.74) is 2.00. The van der Waals surface area contributed by atoms with E-state index in [9.17, 15) is 4.79 Å². The number of H-pyrrole nitrogens is 1. The first-order valence-corrected chi connectivity index (χ1v) is 7.00. The summed E-state index contributed by atoms with van der Waals surface area (Å²) in [5.74, 6) is -0.315. The van der Waals surface area contributed by atoms with Crippen LogP contribution in [0.15, 0.2) is 12.1 Å². The molecule has 2 N–H and O–H groups in total. The van der Waals surface area contributed by atoms with E-state index in [1.165, 1.54) is 32.8 Å². The standard InChI is InChI=1S/C15H24N2O2/c1-15(2)8-4-5-11(9-15)16-10-12-6-7-13(17-12)14(18)19-3/h6-7,11,16-17H,4-5,8-10H2,1-3H3. The van der Waals surface area contributed by atoms with Gasteiger partial charge in [0.2, 0.25) is 0 Å². The summed E-state index contributed by atoms with van der Waals surface area (Å²) in [4.78, 5) is 14.4. The molecule has 2 rings (SSSR count). The lowest BCUT2D eigenvalue weighted by molar-refractivity contribution is 0.0594. The van der Waals surface area contributed by atoms with E-state index in [0.717, 1.165) is 12.2 Å². The Morgan fingerprint density at radius 1 is 1.53 bits per heavy atom.